The minimum atomic E-state index is -3.73. The van der Waals surface area contributed by atoms with Crippen molar-refractivity contribution in [3.63, 3.8) is 0 Å². The lowest BCUT2D eigenvalue weighted by atomic mass is 10.2. The molecule has 2 aromatic rings. The van der Waals surface area contributed by atoms with Crippen LogP contribution in [-0.2, 0) is 14.3 Å². The summed E-state index contributed by atoms with van der Waals surface area (Å²) in [5.74, 6) is 0.573. The molecule has 0 fully saturated rings. The summed E-state index contributed by atoms with van der Waals surface area (Å²) in [6.07, 6.45) is 3.18. The molecule has 2 rings (SSSR count). The van der Waals surface area contributed by atoms with E-state index in [1.54, 1.807) is 36.7 Å². The van der Waals surface area contributed by atoms with Gasteiger partial charge >= 0.3 is 0 Å². The number of hydrogen-bond acceptors (Lipinski definition) is 5. The fourth-order valence-corrected chi connectivity index (χ4v) is 2.40. The molecule has 1 heterocycles. The zero-order chi connectivity index (χ0) is 14.4. The van der Waals surface area contributed by atoms with Crippen LogP contribution >= 0.6 is 0 Å². The monoisotopic (exact) mass is 293 g/mol. The molecular formula is C14H15NO4S. The van der Waals surface area contributed by atoms with Crippen molar-refractivity contribution >= 4 is 10.1 Å². The first-order chi connectivity index (χ1) is 9.58. The molecule has 0 aliphatic carbocycles. The van der Waals surface area contributed by atoms with E-state index in [-0.39, 0.29) is 18.1 Å². The molecule has 0 aliphatic rings. The van der Waals surface area contributed by atoms with Gasteiger partial charge in [0.2, 0.25) is 0 Å². The molecule has 0 saturated carbocycles. The number of ether oxygens (including phenoxy) is 1. The average molecular weight is 293 g/mol. The standard InChI is InChI=1S/C14H15NO4S/c1-12-4-6-14(7-5-12)20(16,17)19-10-9-18-13-3-2-8-15-11-13/h2-8,11H,9-10H2,1H3. The maximum Gasteiger partial charge on any atom is 0.297 e. The van der Waals surface area contributed by atoms with E-state index < -0.39 is 10.1 Å². The molecule has 106 valence electrons. The summed E-state index contributed by atoms with van der Waals surface area (Å²) >= 11 is 0. The third kappa shape index (κ3) is 4.04. The van der Waals surface area contributed by atoms with E-state index in [9.17, 15) is 8.42 Å². The number of benzene rings is 1. The SMILES string of the molecule is Cc1ccc(S(=O)(=O)OCCOc2cccnc2)cc1. The van der Waals surface area contributed by atoms with Crippen LogP contribution in [0.3, 0.4) is 0 Å². The zero-order valence-electron chi connectivity index (χ0n) is 11.0. The summed E-state index contributed by atoms with van der Waals surface area (Å²) in [5.41, 5.74) is 0.990. The minimum Gasteiger partial charge on any atom is -0.490 e. The Morgan fingerprint density at radius 1 is 1.10 bits per heavy atom. The van der Waals surface area contributed by atoms with Crippen molar-refractivity contribution in [2.24, 2.45) is 0 Å². The Hall–Kier alpha value is -1.92. The largest absolute Gasteiger partial charge is 0.490 e. The number of rotatable bonds is 6. The van der Waals surface area contributed by atoms with Crippen molar-refractivity contribution in [3.05, 3.63) is 54.4 Å². The van der Waals surface area contributed by atoms with Crippen LogP contribution in [-0.4, -0.2) is 26.6 Å². The second-order valence-electron chi connectivity index (χ2n) is 4.13. The molecule has 5 nitrogen and oxygen atoms in total. The summed E-state index contributed by atoms with van der Waals surface area (Å²) in [6, 6.07) is 9.96. The molecule has 0 radical (unpaired) electrons. The van der Waals surface area contributed by atoms with Crippen LogP contribution in [0.15, 0.2) is 53.7 Å². The first kappa shape index (κ1) is 14.5. The van der Waals surface area contributed by atoms with Gasteiger partial charge in [0.1, 0.15) is 19.0 Å². The van der Waals surface area contributed by atoms with E-state index >= 15 is 0 Å². The summed E-state index contributed by atoms with van der Waals surface area (Å²) in [7, 11) is -3.73. The lowest BCUT2D eigenvalue weighted by molar-refractivity contribution is 0.220. The summed E-state index contributed by atoms with van der Waals surface area (Å²) < 4.78 is 33.9. The van der Waals surface area contributed by atoms with Gasteiger partial charge in [0.15, 0.2) is 0 Å². The van der Waals surface area contributed by atoms with Crippen molar-refractivity contribution in [2.75, 3.05) is 13.2 Å². The molecule has 20 heavy (non-hydrogen) atoms. The van der Waals surface area contributed by atoms with Crippen molar-refractivity contribution < 1.29 is 17.3 Å². The average Bonchev–Trinajstić information content (AvgIpc) is 2.45. The van der Waals surface area contributed by atoms with Gasteiger partial charge in [-0.2, -0.15) is 8.42 Å². The van der Waals surface area contributed by atoms with E-state index in [1.807, 2.05) is 6.92 Å². The molecule has 0 bridgehead atoms. The maximum absolute atomic E-state index is 11.9. The Morgan fingerprint density at radius 2 is 1.85 bits per heavy atom. The van der Waals surface area contributed by atoms with Gasteiger partial charge in [-0.05, 0) is 31.2 Å². The molecule has 0 N–H and O–H groups in total. The molecule has 0 atom stereocenters. The first-order valence-corrected chi connectivity index (χ1v) is 7.48. The summed E-state index contributed by atoms with van der Waals surface area (Å²) in [5, 5.41) is 0. The van der Waals surface area contributed by atoms with Gasteiger partial charge in [-0.25, -0.2) is 0 Å². The summed E-state index contributed by atoms with van der Waals surface area (Å²) in [4.78, 5) is 4.03. The Balaban J connectivity index is 1.85. The first-order valence-electron chi connectivity index (χ1n) is 6.07. The van der Waals surface area contributed by atoms with Crippen LogP contribution in [0.25, 0.3) is 0 Å². The second kappa shape index (κ2) is 6.49. The van der Waals surface area contributed by atoms with E-state index in [0.29, 0.717) is 5.75 Å². The van der Waals surface area contributed by atoms with E-state index in [0.717, 1.165) is 5.56 Å². The number of nitrogens with zero attached hydrogens (tertiary/aromatic N) is 1. The normalized spacial score (nSPS) is 11.2. The van der Waals surface area contributed by atoms with Gasteiger partial charge in [-0.15, -0.1) is 0 Å². The fourth-order valence-electron chi connectivity index (χ4n) is 1.51. The highest BCUT2D eigenvalue weighted by Gasteiger charge is 2.14. The third-order valence-corrected chi connectivity index (χ3v) is 3.86. The van der Waals surface area contributed by atoms with Gasteiger partial charge in [0.25, 0.3) is 10.1 Å². The molecule has 0 saturated heterocycles. The third-order valence-electron chi connectivity index (χ3n) is 2.53. The van der Waals surface area contributed by atoms with E-state index in [4.69, 9.17) is 8.92 Å². The predicted molar refractivity (Wildman–Crippen MR) is 74.0 cm³/mol. The summed E-state index contributed by atoms with van der Waals surface area (Å²) in [6.45, 7) is 1.97. The molecule has 1 aromatic carbocycles. The smallest absolute Gasteiger partial charge is 0.297 e. The van der Waals surface area contributed by atoms with Gasteiger partial charge in [0.05, 0.1) is 11.1 Å². The van der Waals surface area contributed by atoms with Crippen LogP contribution in [0.4, 0.5) is 0 Å². The Labute approximate surface area is 118 Å². The maximum atomic E-state index is 11.9. The Bertz CT molecular complexity index is 639. The predicted octanol–water partition coefficient (Wildman–Crippen LogP) is 2.17. The Morgan fingerprint density at radius 3 is 2.50 bits per heavy atom. The topological polar surface area (TPSA) is 65.5 Å². The lowest BCUT2D eigenvalue weighted by Crippen LogP contribution is -2.13. The van der Waals surface area contributed by atoms with Crippen molar-refractivity contribution in [1.29, 1.82) is 0 Å². The van der Waals surface area contributed by atoms with E-state index in [1.165, 1.54) is 12.1 Å². The van der Waals surface area contributed by atoms with Crippen molar-refractivity contribution in [2.45, 2.75) is 11.8 Å². The lowest BCUT2D eigenvalue weighted by Gasteiger charge is -2.07. The molecule has 0 amide bonds. The van der Waals surface area contributed by atoms with Crippen LogP contribution in [0.2, 0.25) is 0 Å². The highest BCUT2D eigenvalue weighted by atomic mass is 32.2. The van der Waals surface area contributed by atoms with Crippen LogP contribution in [0.1, 0.15) is 5.56 Å². The van der Waals surface area contributed by atoms with Gasteiger partial charge in [-0.1, -0.05) is 17.7 Å². The van der Waals surface area contributed by atoms with Crippen LogP contribution in [0, 0.1) is 6.92 Å². The molecular weight excluding hydrogens is 278 g/mol. The van der Waals surface area contributed by atoms with Gasteiger partial charge in [-0.3, -0.25) is 9.17 Å². The molecule has 0 spiro atoms. The van der Waals surface area contributed by atoms with Gasteiger partial charge < -0.3 is 4.74 Å². The van der Waals surface area contributed by atoms with E-state index in [2.05, 4.69) is 4.98 Å². The molecule has 0 aliphatic heterocycles. The highest BCUT2D eigenvalue weighted by molar-refractivity contribution is 7.86. The minimum absolute atomic E-state index is 0.0505. The number of aryl methyl sites for hydroxylation is 1. The molecule has 0 unspecified atom stereocenters. The number of hydrogen-bond donors (Lipinski definition) is 0. The van der Waals surface area contributed by atoms with Gasteiger partial charge in [0, 0.05) is 6.20 Å². The second-order valence-corrected chi connectivity index (χ2v) is 5.74. The molecule has 6 heteroatoms. The Kier molecular flexibility index (Phi) is 4.70. The van der Waals surface area contributed by atoms with Crippen LogP contribution < -0.4 is 4.74 Å². The zero-order valence-corrected chi connectivity index (χ0v) is 11.8. The fraction of sp³-hybridized carbons (Fsp3) is 0.214. The van der Waals surface area contributed by atoms with Crippen LogP contribution in [0.5, 0.6) is 5.75 Å². The number of aromatic nitrogens is 1. The van der Waals surface area contributed by atoms with Crippen molar-refractivity contribution in [1.82, 2.24) is 4.98 Å². The quantitative estimate of drug-likeness (QED) is 0.603. The molecule has 1 aromatic heterocycles. The van der Waals surface area contributed by atoms with Crippen molar-refractivity contribution in [3.8, 4) is 5.75 Å². The highest BCUT2D eigenvalue weighted by Crippen LogP contribution is 2.13. The number of pyridine rings is 1.